The second-order valence-electron chi connectivity index (χ2n) is 6.16. The van der Waals surface area contributed by atoms with Crippen LogP contribution in [0.2, 0.25) is 0 Å². The van der Waals surface area contributed by atoms with Gasteiger partial charge in [0.1, 0.15) is 23.1 Å². The summed E-state index contributed by atoms with van der Waals surface area (Å²) in [7, 11) is 3.09. The van der Waals surface area contributed by atoms with E-state index in [0.29, 0.717) is 28.7 Å². The van der Waals surface area contributed by atoms with Gasteiger partial charge in [0.05, 0.1) is 14.2 Å². The van der Waals surface area contributed by atoms with Gasteiger partial charge in [-0.2, -0.15) is 5.26 Å². The van der Waals surface area contributed by atoms with Gasteiger partial charge in [-0.05, 0) is 48.2 Å². The van der Waals surface area contributed by atoms with Gasteiger partial charge in [0.15, 0.2) is 0 Å². The highest BCUT2D eigenvalue weighted by molar-refractivity contribution is 6.09. The number of rotatable bonds is 7. The molecular formula is C22H24N2O3. The maximum atomic E-state index is 12.5. The number of carbonyl (C=O) groups excluding carboxylic acids is 1. The molecule has 27 heavy (non-hydrogen) atoms. The Labute approximate surface area is 160 Å². The number of methoxy groups -OCH3 is 2. The van der Waals surface area contributed by atoms with Crippen LogP contribution in [-0.4, -0.2) is 20.1 Å². The van der Waals surface area contributed by atoms with Crippen LogP contribution < -0.4 is 14.8 Å². The molecule has 140 valence electrons. The van der Waals surface area contributed by atoms with Crippen molar-refractivity contribution in [1.82, 2.24) is 0 Å². The molecule has 2 aromatic rings. The molecule has 0 aliphatic carbocycles. The van der Waals surface area contributed by atoms with Crippen molar-refractivity contribution >= 4 is 17.7 Å². The number of ether oxygens (including phenoxy) is 2. The molecule has 0 aromatic heterocycles. The first-order valence-corrected chi connectivity index (χ1v) is 8.77. The van der Waals surface area contributed by atoms with Crippen molar-refractivity contribution in [3.05, 3.63) is 59.2 Å². The summed E-state index contributed by atoms with van der Waals surface area (Å²) in [5.74, 6) is 1.15. The lowest BCUT2D eigenvalue weighted by Gasteiger charge is -2.11. The van der Waals surface area contributed by atoms with Crippen LogP contribution in [0.1, 0.15) is 37.3 Å². The van der Waals surface area contributed by atoms with Crippen molar-refractivity contribution in [3.8, 4) is 17.6 Å². The van der Waals surface area contributed by atoms with Gasteiger partial charge < -0.3 is 14.8 Å². The SMILES string of the molecule is CC[C@@H](C)c1ccc(NC(=O)/C(C#N)=C/c2ccc(OC)cc2OC)cc1. The molecule has 5 heteroatoms. The molecule has 1 amide bonds. The number of anilines is 1. The summed E-state index contributed by atoms with van der Waals surface area (Å²) in [6.45, 7) is 4.30. The normalized spacial score (nSPS) is 12.0. The van der Waals surface area contributed by atoms with Crippen molar-refractivity contribution in [2.24, 2.45) is 0 Å². The van der Waals surface area contributed by atoms with Gasteiger partial charge in [-0.1, -0.05) is 26.0 Å². The second-order valence-corrected chi connectivity index (χ2v) is 6.16. The zero-order chi connectivity index (χ0) is 19.8. The van der Waals surface area contributed by atoms with Gasteiger partial charge in [0.25, 0.3) is 5.91 Å². The van der Waals surface area contributed by atoms with E-state index in [0.717, 1.165) is 6.42 Å². The van der Waals surface area contributed by atoms with E-state index in [9.17, 15) is 10.1 Å². The lowest BCUT2D eigenvalue weighted by molar-refractivity contribution is -0.112. The minimum Gasteiger partial charge on any atom is -0.497 e. The van der Waals surface area contributed by atoms with Crippen LogP contribution in [0.15, 0.2) is 48.0 Å². The third-order valence-corrected chi connectivity index (χ3v) is 4.46. The third-order valence-electron chi connectivity index (χ3n) is 4.46. The van der Waals surface area contributed by atoms with Gasteiger partial charge in [0, 0.05) is 17.3 Å². The van der Waals surface area contributed by atoms with Crippen LogP contribution in [0.25, 0.3) is 6.08 Å². The van der Waals surface area contributed by atoms with Crippen LogP contribution in [0.5, 0.6) is 11.5 Å². The number of hydrogen-bond donors (Lipinski definition) is 1. The summed E-state index contributed by atoms with van der Waals surface area (Å²) in [6.07, 6.45) is 2.55. The topological polar surface area (TPSA) is 71.4 Å². The van der Waals surface area contributed by atoms with Crippen molar-refractivity contribution in [2.45, 2.75) is 26.2 Å². The van der Waals surface area contributed by atoms with E-state index in [1.807, 2.05) is 30.3 Å². The van der Waals surface area contributed by atoms with Gasteiger partial charge in [-0.3, -0.25) is 4.79 Å². The molecule has 0 saturated carbocycles. The van der Waals surface area contributed by atoms with Gasteiger partial charge in [-0.15, -0.1) is 0 Å². The molecule has 0 fully saturated rings. The van der Waals surface area contributed by atoms with E-state index in [1.54, 1.807) is 25.3 Å². The number of amides is 1. The van der Waals surface area contributed by atoms with Gasteiger partial charge in [-0.25, -0.2) is 0 Å². The lowest BCUT2D eigenvalue weighted by Crippen LogP contribution is -2.13. The van der Waals surface area contributed by atoms with E-state index in [4.69, 9.17) is 9.47 Å². The Morgan fingerprint density at radius 2 is 1.89 bits per heavy atom. The van der Waals surface area contributed by atoms with Crippen LogP contribution in [0.3, 0.4) is 0 Å². The minimum atomic E-state index is -0.466. The number of nitrogens with one attached hydrogen (secondary N) is 1. The van der Waals surface area contributed by atoms with E-state index in [2.05, 4.69) is 19.2 Å². The molecular weight excluding hydrogens is 340 g/mol. The number of carbonyl (C=O) groups is 1. The highest BCUT2D eigenvalue weighted by atomic mass is 16.5. The molecule has 2 aromatic carbocycles. The lowest BCUT2D eigenvalue weighted by atomic mass is 9.98. The molecule has 0 aliphatic heterocycles. The van der Waals surface area contributed by atoms with Crippen LogP contribution in [-0.2, 0) is 4.79 Å². The van der Waals surface area contributed by atoms with Gasteiger partial charge in [0.2, 0.25) is 0 Å². The summed E-state index contributed by atoms with van der Waals surface area (Å²) in [5.41, 5.74) is 2.48. The zero-order valence-corrected chi connectivity index (χ0v) is 16.1. The van der Waals surface area contributed by atoms with Crippen LogP contribution in [0, 0.1) is 11.3 Å². The van der Waals surface area contributed by atoms with E-state index in [-0.39, 0.29) is 5.57 Å². The predicted octanol–water partition coefficient (Wildman–Crippen LogP) is 4.76. The molecule has 1 N–H and O–H groups in total. The van der Waals surface area contributed by atoms with Crippen molar-refractivity contribution in [2.75, 3.05) is 19.5 Å². The monoisotopic (exact) mass is 364 g/mol. The average molecular weight is 364 g/mol. The first kappa shape index (κ1) is 20.1. The van der Waals surface area contributed by atoms with Crippen LogP contribution >= 0.6 is 0 Å². The average Bonchev–Trinajstić information content (AvgIpc) is 2.71. The van der Waals surface area contributed by atoms with Crippen molar-refractivity contribution in [1.29, 1.82) is 5.26 Å². The summed E-state index contributed by atoms with van der Waals surface area (Å²) in [6, 6.07) is 14.8. The fraction of sp³-hybridized carbons (Fsp3) is 0.273. The maximum Gasteiger partial charge on any atom is 0.266 e. The minimum absolute atomic E-state index is 0.00975. The van der Waals surface area contributed by atoms with E-state index in [1.165, 1.54) is 18.7 Å². The van der Waals surface area contributed by atoms with Gasteiger partial charge >= 0.3 is 0 Å². The quantitative estimate of drug-likeness (QED) is 0.568. The molecule has 0 spiro atoms. The van der Waals surface area contributed by atoms with E-state index >= 15 is 0 Å². The smallest absolute Gasteiger partial charge is 0.266 e. The molecule has 0 unspecified atom stereocenters. The fourth-order valence-corrected chi connectivity index (χ4v) is 2.57. The maximum absolute atomic E-state index is 12.5. The molecule has 1 atom stereocenters. The molecule has 0 radical (unpaired) electrons. The number of nitriles is 1. The predicted molar refractivity (Wildman–Crippen MR) is 107 cm³/mol. The Kier molecular flexibility index (Phi) is 7.01. The molecule has 2 rings (SSSR count). The molecule has 5 nitrogen and oxygen atoms in total. The number of nitrogens with zero attached hydrogens (tertiary/aromatic N) is 1. The summed E-state index contributed by atoms with van der Waals surface area (Å²) >= 11 is 0. The highest BCUT2D eigenvalue weighted by Gasteiger charge is 2.12. The Balaban J connectivity index is 2.21. The third kappa shape index (κ3) is 5.11. The number of hydrogen-bond acceptors (Lipinski definition) is 4. The Morgan fingerprint density at radius 1 is 1.19 bits per heavy atom. The number of benzene rings is 2. The summed E-state index contributed by atoms with van der Waals surface area (Å²) < 4.78 is 10.5. The first-order chi connectivity index (χ1) is 13.0. The summed E-state index contributed by atoms with van der Waals surface area (Å²) in [5, 5.41) is 12.2. The molecule has 0 heterocycles. The fourth-order valence-electron chi connectivity index (χ4n) is 2.57. The highest BCUT2D eigenvalue weighted by Crippen LogP contribution is 2.27. The van der Waals surface area contributed by atoms with Crippen molar-refractivity contribution in [3.63, 3.8) is 0 Å². The van der Waals surface area contributed by atoms with Crippen molar-refractivity contribution < 1.29 is 14.3 Å². The van der Waals surface area contributed by atoms with Crippen LogP contribution in [0.4, 0.5) is 5.69 Å². The Morgan fingerprint density at radius 3 is 2.44 bits per heavy atom. The zero-order valence-electron chi connectivity index (χ0n) is 16.1. The first-order valence-electron chi connectivity index (χ1n) is 8.77. The van der Waals surface area contributed by atoms with E-state index < -0.39 is 5.91 Å². The largest absolute Gasteiger partial charge is 0.497 e. The Hall–Kier alpha value is -3.26. The molecule has 0 bridgehead atoms. The Bertz CT molecular complexity index is 864. The summed E-state index contributed by atoms with van der Waals surface area (Å²) in [4.78, 5) is 12.5. The second kappa shape index (κ2) is 9.44. The standard InChI is InChI=1S/C22H24N2O3/c1-5-15(2)16-6-9-19(10-7-16)24-22(25)18(14-23)12-17-8-11-20(26-3)13-21(17)27-4/h6-13,15H,5H2,1-4H3,(H,24,25)/b18-12+/t15-/m1/s1. The molecule has 0 saturated heterocycles. The molecule has 0 aliphatic rings.